The van der Waals surface area contributed by atoms with Gasteiger partial charge in [0, 0.05) is 32.6 Å². The minimum absolute atomic E-state index is 0.0557. The molecule has 1 aromatic heterocycles. The summed E-state index contributed by atoms with van der Waals surface area (Å²) >= 11 is 0. The Hall–Kier alpha value is -1.73. The van der Waals surface area contributed by atoms with E-state index in [9.17, 15) is 9.90 Å². The van der Waals surface area contributed by atoms with Gasteiger partial charge in [-0.3, -0.25) is 4.79 Å². The predicted molar refractivity (Wildman–Crippen MR) is 75.9 cm³/mol. The van der Waals surface area contributed by atoms with Crippen LogP contribution in [-0.2, 0) is 9.53 Å². The van der Waals surface area contributed by atoms with Gasteiger partial charge in [0.05, 0.1) is 24.9 Å². The molecule has 3 rings (SSSR count). The number of aryl methyl sites for hydroxylation is 1. The minimum Gasteiger partial charge on any atom is -0.389 e. The van der Waals surface area contributed by atoms with E-state index in [0.717, 1.165) is 11.5 Å². The molecular weight excluding hydrogens is 272 g/mol. The van der Waals surface area contributed by atoms with Crippen LogP contribution in [0.1, 0.15) is 24.5 Å². The number of rotatable bonds is 2. The maximum atomic E-state index is 11.5. The number of hydrogen-bond acceptors (Lipinski definition) is 6. The van der Waals surface area contributed by atoms with Gasteiger partial charge in [-0.15, -0.1) is 0 Å². The molecule has 7 nitrogen and oxygen atoms in total. The zero-order valence-corrected chi connectivity index (χ0v) is 12.3. The molecular formula is C14H20N4O3. The van der Waals surface area contributed by atoms with Crippen LogP contribution in [0.15, 0.2) is 6.07 Å². The highest BCUT2D eigenvalue weighted by atomic mass is 16.5. The Morgan fingerprint density at radius 2 is 2.14 bits per heavy atom. The maximum absolute atomic E-state index is 11.5. The molecule has 0 radical (unpaired) electrons. The molecule has 1 unspecified atom stereocenters. The number of hydrogen-bond donors (Lipinski definition) is 1. The largest absolute Gasteiger partial charge is 0.389 e. The predicted octanol–water partition coefficient (Wildman–Crippen LogP) is -0.114. The summed E-state index contributed by atoms with van der Waals surface area (Å²) in [5, 5.41) is 9.41. The fourth-order valence-corrected chi connectivity index (χ4v) is 2.66. The van der Waals surface area contributed by atoms with Gasteiger partial charge in [-0.1, -0.05) is 0 Å². The Kier molecular flexibility index (Phi) is 3.77. The SMILES string of the molecule is CC(=O)N1CCOC(c2cc(N3CC(O)C3)nc(C)n2)C1. The summed E-state index contributed by atoms with van der Waals surface area (Å²) in [6.07, 6.45) is -0.489. The molecule has 114 valence electrons. The fourth-order valence-electron chi connectivity index (χ4n) is 2.66. The van der Waals surface area contributed by atoms with Crippen molar-refractivity contribution in [3.8, 4) is 0 Å². The van der Waals surface area contributed by atoms with Crippen LogP contribution in [0, 0.1) is 6.92 Å². The normalized spacial score (nSPS) is 23.1. The van der Waals surface area contributed by atoms with Crippen molar-refractivity contribution >= 4 is 11.7 Å². The fraction of sp³-hybridized carbons (Fsp3) is 0.643. The van der Waals surface area contributed by atoms with Crippen molar-refractivity contribution in [2.45, 2.75) is 26.1 Å². The van der Waals surface area contributed by atoms with Crippen LogP contribution in [-0.4, -0.2) is 64.8 Å². The molecule has 1 aromatic rings. The lowest BCUT2D eigenvalue weighted by Crippen LogP contribution is -2.51. The molecule has 2 aliphatic heterocycles. The minimum atomic E-state index is -0.275. The Labute approximate surface area is 123 Å². The first-order chi connectivity index (χ1) is 10.0. The molecule has 1 atom stereocenters. The maximum Gasteiger partial charge on any atom is 0.219 e. The molecule has 21 heavy (non-hydrogen) atoms. The van der Waals surface area contributed by atoms with Gasteiger partial charge in [-0.25, -0.2) is 9.97 Å². The van der Waals surface area contributed by atoms with E-state index in [1.165, 1.54) is 0 Å². The van der Waals surface area contributed by atoms with Crippen molar-refractivity contribution in [1.29, 1.82) is 0 Å². The van der Waals surface area contributed by atoms with Gasteiger partial charge in [0.2, 0.25) is 5.91 Å². The number of aliphatic hydroxyl groups excluding tert-OH is 1. The molecule has 0 aromatic carbocycles. The van der Waals surface area contributed by atoms with Crippen molar-refractivity contribution in [2.75, 3.05) is 37.7 Å². The second kappa shape index (κ2) is 5.57. The van der Waals surface area contributed by atoms with E-state index in [0.29, 0.717) is 38.6 Å². The highest BCUT2D eigenvalue weighted by molar-refractivity contribution is 5.73. The molecule has 1 amide bonds. The van der Waals surface area contributed by atoms with Crippen LogP contribution in [0.2, 0.25) is 0 Å². The quantitative estimate of drug-likeness (QED) is 0.819. The summed E-state index contributed by atoms with van der Waals surface area (Å²) in [6.45, 7) is 6.28. The first-order valence-corrected chi connectivity index (χ1v) is 7.18. The van der Waals surface area contributed by atoms with Crippen LogP contribution >= 0.6 is 0 Å². The third kappa shape index (κ3) is 2.98. The number of anilines is 1. The Balaban J connectivity index is 1.79. The number of aromatic nitrogens is 2. The average molecular weight is 292 g/mol. The highest BCUT2D eigenvalue weighted by Gasteiger charge is 2.29. The van der Waals surface area contributed by atoms with Crippen molar-refractivity contribution in [3.63, 3.8) is 0 Å². The second-order valence-corrected chi connectivity index (χ2v) is 5.58. The average Bonchev–Trinajstić information content (AvgIpc) is 2.43. The molecule has 2 saturated heterocycles. The van der Waals surface area contributed by atoms with Gasteiger partial charge in [-0.2, -0.15) is 0 Å². The highest BCUT2D eigenvalue weighted by Crippen LogP contribution is 2.25. The van der Waals surface area contributed by atoms with Crippen LogP contribution in [0.25, 0.3) is 0 Å². The molecule has 7 heteroatoms. The zero-order chi connectivity index (χ0) is 15.0. The lowest BCUT2D eigenvalue weighted by atomic mass is 10.1. The first-order valence-electron chi connectivity index (χ1n) is 7.18. The van der Waals surface area contributed by atoms with Crippen LogP contribution in [0.3, 0.4) is 0 Å². The smallest absolute Gasteiger partial charge is 0.219 e. The van der Waals surface area contributed by atoms with Crippen molar-refractivity contribution in [3.05, 3.63) is 17.6 Å². The standard InChI is InChI=1S/C14H20N4O3/c1-9-15-12(5-14(16-9)18-6-11(20)7-18)13-8-17(10(2)19)3-4-21-13/h5,11,13,20H,3-4,6-8H2,1-2H3. The lowest BCUT2D eigenvalue weighted by Gasteiger charge is -2.37. The van der Waals surface area contributed by atoms with E-state index >= 15 is 0 Å². The Morgan fingerprint density at radius 3 is 2.81 bits per heavy atom. The van der Waals surface area contributed by atoms with Crippen molar-refractivity contribution in [1.82, 2.24) is 14.9 Å². The summed E-state index contributed by atoms with van der Waals surface area (Å²) in [4.78, 5) is 24.2. The van der Waals surface area contributed by atoms with Crippen LogP contribution in [0.4, 0.5) is 5.82 Å². The van der Waals surface area contributed by atoms with Gasteiger partial charge in [0.15, 0.2) is 0 Å². The molecule has 2 aliphatic rings. The monoisotopic (exact) mass is 292 g/mol. The summed E-state index contributed by atoms with van der Waals surface area (Å²) in [5.41, 5.74) is 0.796. The molecule has 2 fully saturated rings. The number of amides is 1. The third-order valence-corrected chi connectivity index (χ3v) is 3.87. The van der Waals surface area contributed by atoms with E-state index in [2.05, 4.69) is 9.97 Å². The van der Waals surface area contributed by atoms with Crippen LogP contribution in [0.5, 0.6) is 0 Å². The van der Waals surface area contributed by atoms with Crippen molar-refractivity contribution in [2.24, 2.45) is 0 Å². The van der Waals surface area contributed by atoms with Crippen LogP contribution < -0.4 is 4.90 Å². The van der Waals surface area contributed by atoms with E-state index in [1.807, 2.05) is 17.9 Å². The number of carbonyl (C=O) groups excluding carboxylic acids is 1. The third-order valence-electron chi connectivity index (χ3n) is 3.87. The number of aliphatic hydroxyl groups is 1. The summed E-state index contributed by atoms with van der Waals surface area (Å²) in [6, 6.07) is 1.90. The second-order valence-electron chi connectivity index (χ2n) is 5.58. The summed E-state index contributed by atoms with van der Waals surface area (Å²) < 4.78 is 5.75. The molecule has 0 bridgehead atoms. The first kappa shape index (κ1) is 14.2. The topological polar surface area (TPSA) is 78.8 Å². The van der Waals surface area contributed by atoms with Gasteiger partial charge in [-0.05, 0) is 6.92 Å². The number of morpholine rings is 1. The number of carbonyl (C=O) groups is 1. The van der Waals surface area contributed by atoms with Crippen molar-refractivity contribution < 1.29 is 14.6 Å². The van der Waals surface area contributed by atoms with E-state index in [-0.39, 0.29) is 18.1 Å². The zero-order valence-electron chi connectivity index (χ0n) is 12.3. The van der Waals surface area contributed by atoms with E-state index in [4.69, 9.17) is 4.74 Å². The van der Waals surface area contributed by atoms with Gasteiger partial charge in [0.1, 0.15) is 17.7 Å². The van der Waals surface area contributed by atoms with Gasteiger partial charge >= 0.3 is 0 Å². The van der Waals surface area contributed by atoms with Gasteiger partial charge < -0.3 is 19.6 Å². The molecule has 0 spiro atoms. The number of β-amino-alcohol motifs (C(OH)–C–C–N with tert-alkyl or cyclic N) is 1. The number of ether oxygens (including phenoxy) is 1. The lowest BCUT2D eigenvalue weighted by molar-refractivity contribution is -0.136. The summed E-state index contributed by atoms with van der Waals surface area (Å²) in [7, 11) is 0. The van der Waals surface area contributed by atoms with E-state index < -0.39 is 0 Å². The van der Waals surface area contributed by atoms with E-state index in [1.54, 1.807) is 11.8 Å². The Bertz CT molecular complexity index is 545. The molecule has 1 N–H and O–H groups in total. The molecule has 3 heterocycles. The van der Waals surface area contributed by atoms with Gasteiger partial charge in [0.25, 0.3) is 0 Å². The molecule has 0 aliphatic carbocycles. The molecule has 0 saturated carbocycles. The Morgan fingerprint density at radius 1 is 1.38 bits per heavy atom. The number of nitrogens with zero attached hydrogens (tertiary/aromatic N) is 4. The summed E-state index contributed by atoms with van der Waals surface area (Å²) in [5.74, 6) is 1.54.